The summed E-state index contributed by atoms with van der Waals surface area (Å²) in [4.78, 5) is 21.6. The quantitative estimate of drug-likeness (QED) is 0.784. The standard InChI is InChI=1S/C11H15N3O3/c12-10(15)6-14-9-3-1-2-7(4-11(16)17)8(9)5-13-14/h5,7H,1-4,6H2,(H2,12,15)(H,16,17). The highest BCUT2D eigenvalue weighted by Gasteiger charge is 2.26. The molecule has 1 aromatic heterocycles. The summed E-state index contributed by atoms with van der Waals surface area (Å²) in [5.74, 6) is -1.22. The maximum atomic E-state index is 10.9. The number of fused-ring (bicyclic) bond motifs is 1. The average Bonchev–Trinajstić information content (AvgIpc) is 2.61. The van der Waals surface area contributed by atoms with Gasteiger partial charge in [-0.05, 0) is 30.7 Å². The summed E-state index contributed by atoms with van der Waals surface area (Å²) in [5.41, 5.74) is 7.06. The third-order valence-corrected chi connectivity index (χ3v) is 3.11. The van der Waals surface area contributed by atoms with Gasteiger partial charge in [0.05, 0.1) is 12.6 Å². The molecule has 6 nitrogen and oxygen atoms in total. The van der Waals surface area contributed by atoms with Gasteiger partial charge in [0.25, 0.3) is 0 Å². The normalized spacial score (nSPS) is 18.7. The molecule has 2 rings (SSSR count). The van der Waals surface area contributed by atoms with E-state index in [4.69, 9.17) is 10.8 Å². The molecular formula is C11H15N3O3. The molecule has 3 N–H and O–H groups in total. The summed E-state index contributed by atoms with van der Waals surface area (Å²) in [6.07, 6.45) is 4.41. The maximum Gasteiger partial charge on any atom is 0.303 e. The lowest BCUT2D eigenvalue weighted by atomic mass is 9.85. The number of amides is 1. The van der Waals surface area contributed by atoms with Crippen molar-refractivity contribution in [3.8, 4) is 0 Å². The molecule has 0 radical (unpaired) electrons. The van der Waals surface area contributed by atoms with E-state index in [0.29, 0.717) is 0 Å². The Balaban J connectivity index is 2.24. The van der Waals surface area contributed by atoms with Crippen LogP contribution in [0.25, 0.3) is 0 Å². The van der Waals surface area contributed by atoms with Crippen LogP contribution in [0.4, 0.5) is 0 Å². The SMILES string of the molecule is NC(=O)Cn1ncc2c1CCCC2CC(=O)O. The highest BCUT2D eigenvalue weighted by Crippen LogP contribution is 2.33. The van der Waals surface area contributed by atoms with Gasteiger partial charge in [0.15, 0.2) is 0 Å². The van der Waals surface area contributed by atoms with E-state index in [-0.39, 0.29) is 18.9 Å². The Bertz CT molecular complexity index is 453. The van der Waals surface area contributed by atoms with Gasteiger partial charge >= 0.3 is 5.97 Å². The number of carbonyl (C=O) groups is 2. The second kappa shape index (κ2) is 4.57. The fourth-order valence-corrected chi connectivity index (χ4v) is 2.42. The zero-order chi connectivity index (χ0) is 12.4. The van der Waals surface area contributed by atoms with Crippen LogP contribution in [0.5, 0.6) is 0 Å². The van der Waals surface area contributed by atoms with Crippen LogP contribution in [0.2, 0.25) is 0 Å². The van der Waals surface area contributed by atoms with Gasteiger partial charge in [-0.1, -0.05) is 0 Å². The number of carboxylic acid groups (broad SMARTS) is 1. The average molecular weight is 237 g/mol. The second-order valence-electron chi connectivity index (χ2n) is 4.36. The lowest BCUT2D eigenvalue weighted by Crippen LogP contribution is -2.22. The molecule has 0 aliphatic heterocycles. The summed E-state index contributed by atoms with van der Waals surface area (Å²) in [6, 6.07) is 0. The molecule has 1 aliphatic rings. The summed E-state index contributed by atoms with van der Waals surface area (Å²) in [5, 5.41) is 13.0. The Morgan fingerprint density at radius 3 is 3.00 bits per heavy atom. The molecule has 1 aromatic rings. The third-order valence-electron chi connectivity index (χ3n) is 3.11. The van der Waals surface area contributed by atoms with Crippen molar-refractivity contribution in [2.75, 3.05) is 0 Å². The molecule has 92 valence electrons. The number of nitrogens with two attached hydrogens (primary N) is 1. The topological polar surface area (TPSA) is 98.2 Å². The van der Waals surface area contributed by atoms with Crippen molar-refractivity contribution in [1.82, 2.24) is 9.78 Å². The highest BCUT2D eigenvalue weighted by molar-refractivity contribution is 5.73. The minimum Gasteiger partial charge on any atom is -0.481 e. The lowest BCUT2D eigenvalue weighted by Gasteiger charge is -2.21. The lowest BCUT2D eigenvalue weighted by molar-refractivity contribution is -0.137. The predicted octanol–water partition coefficient (Wildman–Crippen LogP) is 0.263. The predicted molar refractivity (Wildman–Crippen MR) is 59.4 cm³/mol. The van der Waals surface area contributed by atoms with Gasteiger partial charge in [-0.15, -0.1) is 0 Å². The number of aromatic nitrogens is 2. The van der Waals surface area contributed by atoms with E-state index in [9.17, 15) is 9.59 Å². The van der Waals surface area contributed by atoms with E-state index < -0.39 is 11.9 Å². The summed E-state index contributed by atoms with van der Waals surface area (Å²) in [7, 11) is 0. The molecule has 0 bridgehead atoms. The Morgan fingerprint density at radius 2 is 2.35 bits per heavy atom. The number of hydrogen-bond acceptors (Lipinski definition) is 3. The van der Waals surface area contributed by atoms with Crippen LogP contribution in [0, 0.1) is 0 Å². The van der Waals surface area contributed by atoms with Gasteiger partial charge < -0.3 is 10.8 Å². The molecule has 1 aliphatic carbocycles. The van der Waals surface area contributed by atoms with Crippen molar-refractivity contribution < 1.29 is 14.7 Å². The smallest absolute Gasteiger partial charge is 0.303 e. The van der Waals surface area contributed by atoms with Crippen LogP contribution in [-0.2, 0) is 22.6 Å². The van der Waals surface area contributed by atoms with Crippen molar-refractivity contribution in [3.63, 3.8) is 0 Å². The molecule has 6 heteroatoms. The third kappa shape index (κ3) is 2.46. The van der Waals surface area contributed by atoms with Crippen molar-refractivity contribution in [2.24, 2.45) is 5.73 Å². The number of nitrogens with zero attached hydrogens (tertiary/aromatic N) is 2. The molecule has 0 aromatic carbocycles. The summed E-state index contributed by atoms with van der Waals surface area (Å²) >= 11 is 0. The first kappa shape index (κ1) is 11.6. The van der Waals surface area contributed by atoms with Crippen molar-refractivity contribution in [3.05, 3.63) is 17.5 Å². The first-order valence-corrected chi connectivity index (χ1v) is 5.62. The Hall–Kier alpha value is -1.85. The van der Waals surface area contributed by atoms with E-state index in [1.54, 1.807) is 10.9 Å². The number of carbonyl (C=O) groups excluding carboxylic acids is 1. The van der Waals surface area contributed by atoms with Crippen LogP contribution in [0.15, 0.2) is 6.20 Å². The van der Waals surface area contributed by atoms with Gasteiger partial charge in [-0.25, -0.2) is 0 Å². The zero-order valence-corrected chi connectivity index (χ0v) is 9.43. The summed E-state index contributed by atoms with van der Waals surface area (Å²) in [6.45, 7) is 0.0646. The first-order chi connectivity index (χ1) is 8.08. The molecule has 17 heavy (non-hydrogen) atoms. The van der Waals surface area contributed by atoms with E-state index in [2.05, 4.69) is 5.10 Å². The molecule has 1 amide bonds. The van der Waals surface area contributed by atoms with Crippen molar-refractivity contribution in [1.29, 1.82) is 0 Å². The Morgan fingerprint density at radius 1 is 1.59 bits per heavy atom. The number of aliphatic carboxylic acids is 1. The fourth-order valence-electron chi connectivity index (χ4n) is 2.42. The number of hydrogen-bond donors (Lipinski definition) is 2. The molecule has 1 heterocycles. The molecule has 0 saturated carbocycles. The van der Waals surface area contributed by atoms with Crippen LogP contribution < -0.4 is 5.73 Å². The molecule has 0 fully saturated rings. The van der Waals surface area contributed by atoms with Crippen LogP contribution in [0.3, 0.4) is 0 Å². The first-order valence-electron chi connectivity index (χ1n) is 5.62. The van der Waals surface area contributed by atoms with Crippen LogP contribution in [-0.4, -0.2) is 26.8 Å². The van der Waals surface area contributed by atoms with Gasteiger partial charge in [0.1, 0.15) is 6.54 Å². The zero-order valence-electron chi connectivity index (χ0n) is 9.43. The maximum absolute atomic E-state index is 10.9. The Kier molecular flexibility index (Phi) is 3.12. The molecule has 0 saturated heterocycles. The van der Waals surface area contributed by atoms with E-state index >= 15 is 0 Å². The van der Waals surface area contributed by atoms with Gasteiger partial charge in [0, 0.05) is 5.69 Å². The highest BCUT2D eigenvalue weighted by atomic mass is 16.4. The van der Waals surface area contributed by atoms with Crippen LogP contribution in [0.1, 0.15) is 36.4 Å². The van der Waals surface area contributed by atoms with E-state index in [0.717, 1.165) is 30.5 Å². The number of primary amides is 1. The van der Waals surface area contributed by atoms with Crippen molar-refractivity contribution >= 4 is 11.9 Å². The van der Waals surface area contributed by atoms with E-state index in [1.807, 2.05) is 0 Å². The minimum atomic E-state index is -0.800. The molecule has 1 unspecified atom stereocenters. The number of carboxylic acids is 1. The van der Waals surface area contributed by atoms with Gasteiger partial charge in [-0.3, -0.25) is 14.3 Å². The number of rotatable bonds is 4. The minimum absolute atomic E-state index is 0.0119. The van der Waals surface area contributed by atoms with E-state index in [1.165, 1.54) is 0 Å². The molecule has 0 spiro atoms. The molecule has 1 atom stereocenters. The van der Waals surface area contributed by atoms with Crippen LogP contribution >= 0.6 is 0 Å². The summed E-state index contributed by atoms with van der Waals surface area (Å²) < 4.78 is 1.59. The van der Waals surface area contributed by atoms with Gasteiger partial charge in [0.2, 0.25) is 5.91 Å². The second-order valence-corrected chi connectivity index (χ2v) is 4.36. The van der Waals surface area contributed by atoms with Gasteiger partial charge in [-0.2, -0.15) is 5.10 Å². The fraction of sp³-hybridized carbons (Fsp3) is 0.545. The van der Waals surface area contributed by atoms with Crippen molar-refractivity contribution in [2.45, 2.75) is 38.1 Å². The Labute approximate surface area is 98.4 Å². The molecular weight excluding hydrogens is 222 g/mol. The largest absolute Gasteiger partial charge is 0.481 e. The monoisotopic (exact) mass is 237 g/mol.